The monoisotopic (exact) mass is 342 g/mol. The second-order valence-electron chi connectivity index (χ2n) is 6.34. The van der Waals surface area contributed by atoms with E-state index >= 15 is 0 Å². The van der Waals surface area contributed by atoms with Gasteiger partial charge in [-0.1, -0.05) is 62.9 Å². The van der Waals surface area contributed by atoms with Crippen LogP contribution in [0.2, 0.25) is 0 Å². The van der Waals surface area contributed by atoms with Crippen LogP contribution >= 0.6 is 23.1 Å². The molecule has 0 saturated carbocycles. The maximum Gasteiger partial charge on any atom is 0.148 e. The van der Waals surface area contributed by atoms with Gasteiger partial charge in [0, 0.05) is 15.7 Å². The van der Waals surface area contributed by atoms with Crippen molar-refractivity contribution in [3.63, 3.8) is 0 Å². The van der Waals surface area contributed by atoms with Crippen molar-refractivity contribution < 1.29 is 4.79 Å². The van der Waals surface area contributed by atoms with Gasteiger partial charge in [-0.3, -0.25) is 4.79 Å². The second-order valence-corrected chi connectivity index (χ2v) is 8.33. The van der Waals surface area contributed by atoms with Gasteiger partial charge >= 0.3 is 0 Å². The summed E-state index contributed by atoms with van der Waals surface area (Å²) in [5.74, 6) is 0.666. The molecule has 0 saturated heterocycles. The lowest BCUT2D eigenvalue weighted by Gasteiger charge is -2.15. The summed E-state index contributed by atoms with van der Waals surface area (Å²) in [7, 11) is 0. The molecule has 5 heteroatoms. The number of nitrogens with zero attached hydrogens (tertiary/aromatic N) is 2. The van der Waals surface area contributed by atoms with Gasteiger partial charge in [-0.2, -0.15) is 0 Å². The van der Waals surface area contributed by atoms with Crippen molar-refractivity contribution in [3.8, 4) is 10.4 Å². The minimum absolute atomic E-state index is 0.229. The molecule has 2 aromatic heterocycles. The zero-order chi connectivity index (χ0) is 16.4. The van der Waals surface area contributed by atoms with Crippen molar-refractivity contribution in [1.82, 2.24) is 9.97 Å². The van der Waals surface area contributed by atoms with Gasteiger partial charge in [0.15, 0.2) is 0 Å². The Morgan fingerprint density at radius 2 is 1.91 bits per heavy atom. The number of fused-ring (bicyclic) bond motifs is 1. The van der Waals surface area contributed by atoms with Crippen LogP contribution in [0.3, 0.4) is 0 Å². The fraction of sp³-hybridized carbons (Fsp3) is 0.278. The first-order valence-electron chi connectivity index (χ1n) is 7.41. The predicted octanol–water partition coefficient (Wildman–Crippen LogP) is 5.07. The molecular formula is C18H18N2OS2. The molecule has 0 aliphatic rings. The molecule has 0 radical (unpaired) electrons. The molecule has 23 heavy (non-hydrogen) atoms. The van der Waals surface area contributed by atoms with Gasteiger partial charge in [0.1, 0.15) is 22.0 Å². The highest BCUT2D eigenvalue weighted by Gasteiger charge is 2.21. The topological polar surface area (TPSA) is 42.9 Å². The van der Waals surface area contributed by atoms with Gasteiger partial charge in [-0.15, -0.1) is 11.3 Å². The summed E-state index contributed by atoms with van der Waals surface area (Å²) in [6.07, 6.45) is 1.58. The second kappa shape index (κ2) is 6.42. The van der Waals surface area contributed by atoms with Gasteiger partial charge < -0.3 is 0 Å². The average Bonchev–Trinajstić information content (AvgIpc) is 2.97. The minimum Gasteiger partial charge on any atom is -0.298 e. The summed E-state index contributed by atoms with van der Waals surface area (Å²) < 4.78 is 0. The molecule has 3 nitrogen and oxygen atoms in total. The highest BCUT2D eigenvalue weighted by atomic mass is 32.2. The van der Waals surface area contributed by atoms with Crippen molar-refractivity contribution in [2.75, 3.05) is 5.75 Å². The molecule has 0 bridgehead atoms. The Balaban J connectivity index is 1.90. The minimum atomic E-state index is -0.316. The van der Waals surface area contributed by atoms with E-state index in [1.165, 1.54) is 22.2 Å². The van der Waals surface area contributed by atoms with E-state index in [0.29, 0.717) is 5.75 Å². The summed E-state index contributed by atoms with van der Waals surface area (Å²) >= 11 is 3.15. The Labute approximate surface area is 144 Å². The molecule has 0 aliphatic heterocycles. The number of carbonyl (C=O) groups excluding carboxylic acids is 1. The zero-order valence-electron chi connectivity index (χ0n) is 13.4. The summed E-state index contributed by atoms with van der Waals surface area (Å²) in [5.41, 5.74) is 0.862. The third kappa shape index (κ3) is 3.62. The molecule has 3 aromatic rings. The number of benzene rings is 1. The molecule has 0 aliphatic carbocycles. The molecule has 0 spiro atoms. The maximum atomic E-state index is 12.1. The molecule has 0 fully saturated rings. The Bertz CT molecular complexity index is 835. The Morgan fingerprint density at radius 1 is 1.17 bits per heavy atom. The van der Waals surface area contributed by atoms with Crippen LogP contribution in [0.15, 0.2) is 47.8 Å². The molecular weight excluding hydrogens is 324 g/mol. The van der Waals surface area contributed by atoms with Crippen LogP contribution in [0.5, 0.6) is 0 Å². The van der Waals surface area contributed by atoms with Crippen LogP contribution in [-0.2, 0) is 4.79 Å². The Morgan fingerprint density at radius 3 is 2.61 bits per heavy atom. The molecule has 2 heterocycles. The van der Waals surface area contributed by atoms with Crippen molar-refractivity contribution in [1.29, 1.82) is 0 Å². The number of rotatable bonds is 4. The number of hydrogen-bond acceptors (Lipinski definition) is 5. The first-order valence-corrected chi connectivity index (χ1v) is 9.21. The van der Waals surface area contributed by atoms with Gasteiger partial charge in [0.2, 0.25) is 0 Å². The van der Waals surface area contributed by atoms with Crippen molar-refractivity contribution in [3.05, 3.63) is 42.7 Å². The highest BCUT2D eigenvalue weighted by Crippen LogP contribution is 2.36. The number of aromatic nitrogens is 2. The number of thiophene rings is 1. The summed E-state index contributed by atoms with van der Waals surface area (Å²) in [5, 5.41) is 1.91. The van der Waals surface area contributed by atoms with Crippen LogP contribution < -0.4 is 0 Å². The van der Waals surface area contributed by atoms with Crippen LogP contribution in [0.1, 0.15) is 20.8 Å². The zero-order valence-corrected chi connectivity index (χ0v) is 15.0. The normalized spacial score (nSPS) is 11.8. The van der Waals surface area contributed by atoms with E-state index in [2.05, 4.69) is 28.2 Å². The lowest BCUT2D eigenvalue weighted by atomic mass is 9.92. The van der Waals surface area contributed by atoms with E-state index in [4.69, 9.17) is 0 Å². The first-order chi connectivity index (χ1) is 10.9. The molecule has 0 N–H and O–H groups in total. The van der Waals surface area contributed by atoms with Crippen molar-refractivity contribution in [2.24, 2.45) is 5.41 Å². The number of ketones is 1. The molecule has 118 valence electrons. The fourth-order valence-corrected chi connectivity index (χ4v) is 4.25. The van der Waals surface area contributed by atoms with Crippen LogP contribution in [-0.4, -0.2) is 21.5 Å². The Kier molecular flexibility index (Phi) is 4.50. The van der Waals surface area contributed by atoms with Crippen molar-refractivity contribution in [2.45, 2.75) is 25.8 Å². The smallest absolute Gasteiger partial charge is 0.148 e. The van der Waals surface area contributed by atoms with E-state index < -0.39 is 0 Å². The molecule has 3 rings (SSSR count). The summed E-state index contributed by atoms with van der Waals surface area (Å²) in [6.45, 7) is 5.84. The largest absolute Gasteiger partial charge is 0.298 e. The maximum absolute atomic E-state index is 12.1. The molecule has 1 aromatic carbocycles. The number of thioether (sulfide) groups is 1. The third-order valence-corrected chi connectivity index (χ3v) is 5.63. The lowest BCUT2D eigenvalue weighted by Crippen LogP contribution is -2.22. The molecule has 0 atom stereocenters. The summed E-state index contributed by atoms with van der Waals surface area (Å²) in [6, 6.07) is 12.4. The van der Waals surface area contributed by atoms with Gasteiger partial charge in [0.05, 0.1) is 5.75 Å². The SMILES string of the molecule is CC(C)(C)C(=O)CSc1ncnc2sc(-c3ccccc3)cc12. The lowest BCUT2D eigenvalue weighted by molar-refractivity contribution is -0.123. The van der Waals surface area contributed by atoms with Crippen LogP contribution in [0.25, 0.3) is 20.7 Å². The van der Waals surface area contributed by atoms with Crippen LogP contribution in [0.4, 0.5) is 0 Å². The summed E-state index contributed by atoms with van der Waals surface area (Å²) in [4.78, 5) is 23.0. The van der Waals surface area contributed by atoms with Gasteiger partial charge in [-0.25, -0.2) is 9.97 Å². The van der Waals surface area contributed by atoms with E-state index in [1.54, 1.807) is 17.7 Å². The molecule has 0 amide bonds. The predicted molar refractivity (Wildman–Crippen MR) is 98.0 cm³/mol. The number of Topliss-reactive ketones (excluding diaryl/α,β-unsaturated/α-hetero) is 1. The first kappa shape index (κ1) is 16.1. The van der Waals surface area contributed by atoms with Crippen molar-refractivity contribution >= 4 is 39.1 Å². The van der Waals surface area contributed by atoms with Gasteiger partial charge in [0.25, 0.3) is 0 Å². The number of carbonyl (C=O) groups is 1. The fourth-order valence-electron chi connectivity index (χ4n) is 2.04. The number of hydrogen-bond donors (Lipinski definition) is 0. The van der Waals surface area contributed by atoms with E-state index in [1.807, 2.05) is 39.0 Å². The van der Waals surface area contributed by atoms with Gasteiger partial charge in [-0.05, 0) is 11.6 Å². The average molecular weight is 342 g/mol. The quantitative estimate of drug-likeness (QED) is 0.491. The van der Waals surface area contributed by atoms with Crippen LogP contribution in [0, 0.1) is 5.41 Å². The Hall–Kier alpha value is -1.72. The standard InChI is InChI=1S/C18H18N2OS2/c1-18(2,3)15(21)10-22-16-13-9-14(12-7-5-4-6-8-12)23-17(13)20-11-19-16/h4-9,11H,10H2,1-3H3. The third-order valence-electron chi connectivity index (χ3n) is 3.53. The van der Waals surface area contributed by atoms with E-state index in [0.717, 1.165) is 15.2 Å². The molecule has 0 unspecified atom stereocenters. The highest BCUT2D eigenvalue weighted by molar-refractivity contribution is 8.00. The van der Waals surface area contributed by atoms with E-state index in [-0.39, 0.29) is 11.2 Å². The van der Waals surface area contributed by atoms with E-state index in [9.17, 15) is 4.79 Å².